The van der Waals surface area contributed by atoms with Crippen molar-refractivity contribution in [1.29, 1.82) is 0 Å². The van der Waals surface area contributed by atoms with Gasteiger partial charge in [0.2, 0.25) is 5.91 Å². The van der Waals surface area contributed by atoms with Crippen molar-refractivity contribution in [1.82, 2.24) is 4.90 Å². The molecule has 2 amide bonds. The van der Waals surface area contributed by atoms with E-state index in [0.717, 1.165) is 0 Å². The molecule has 0 aromatic heterocycles. The summed E-state index contributed by atoms with van der Waals surface area (Å²) < 4.78 is 18.0. The van der Waals surface area contributed by atoms with Gasteiger partial charge in [0.05, 0.1) is 32.3 Å². The van der Waals surface area contributed by atoms with Crippen LogP contribution in [0.1, 0.15) is 46.5 Å². The van der Waals surface area contributed by atoms with Crippen LogP contribution in [0.3, 0.4) is 0 Å². The fourth-order valence-corrected chi connectivity index (χ4v) is 6.98. The molecule has 1 spiro atoms. The zero-order valence-corrected chi connectivity index (χ0v) is 23.7. The molecule has 2 saturated heterocycles. The largest absolute Gasteiger partial charge is 0.497 e. The number of methoxy groups -OCH3 is 1. The average Bonchev–Trinajstić information content (AvgIpc) is 3.35. The first-order chi connectivity index (χ1) is 19.3. The molecular weight excluding hydrogens is 512 g/mol. The van der Waals surface area contributed by atoms with Crippen molar-refractivity contribution in [3.8, 4) is 5.75 Å². The number of hydrogen-bond donors (Lipinski definition) is 1. The Morgan fingerprint density at radius 1 is 1.07 bits per heavy atom. The Morgan fingerprint density at radius 3 is 2.48 bits per heavy atom. The highest BCUT2D eigenvalue weighted by Crippen LogP contribution is 2.59. The summed E-state index contributed by atoms with van der Waals surface area (Å²) in [5.74, 6) is -2.48. The standard InChI is InChI=1S/C31H40N2O7/c1-5-20(3)23(19-34)33-26-28(36)32(21-11-13-22(38-4)14-12-21)17-10-16-31(26)24(27(33)35)25-29(37)39-18-9-7-8-15-30(25,6-2)40-31/h8,10-16,20,23-26,34H,5-7,9,17-19H2,1-4H3/b15-8-/t20-,23-,24-,25-,26?,30+,31-/m0/s1. The molecule has 1 unspecified atom stereocenters. The second-order valence-electron chi connectivity index (χ2n) is 11.3. The van der Waals surface area contributed by atoms with E-state index in [4.69, 9.17) is 14.2 Å². The number of anilines is 1. The number of esters is 1. The van der Waals surface area contributed by atoms with Gasteiger partial charge in [-0.1, -0.05) is 51.5 Å². The zero-order chi connectivity index (χ0) is 28.7. The van der Waals surface area contributed by atoms with E-state index in [1.807, 2.05) is 45.1 Å². The Bertz CT molecular complexity index is 1200. The lowest BCUT2D eigenvalue weighted by atomic mass is 9.73. The van der Waals surface area contributed by atoms with E-state index in [0.29, 0.717) is 37.1 Å². The van der Waals surface area contributed by atoms with Crippen LogP contribution >= 0.6 is 0 Å². The molecule has 5 rings (SSSR count). The van der Waals surface area contributed by atoms with Gasteiger partial charge in [0, 0.05) is 12.2 Å². The number of hydrogen-bond acceptors (Lipinski definition) is 7. The number of nitrogens with zero attached hydrogens (tertiary/aromatic N) is 2. The molecule has 4 aliphatic rings. The van der Waals surface area contributed by atoms with Crippen LogP contribution in [0.5, 0.6) is 5.75 Å². The lowest BCUT2D eigenvalue weighted by Crippen LogP contribution is -2.60. The Balaban J connectivity index is 1.69. The minimum atomic E-state index is -1.40. The first-order valence-electron chi connectivity index (χ1n) is 14.4. The van der Waals surface area contributed by atoms with Gasteiger partial charge in [-0.2, -0.15) is 0 Å². The first-order valence-corrected chi connectivity index (χ1v) is 14.4. The van der Waals surface area contributed by atoms with Crippen molar-refractivity contribution in [2.45, 2.75) is 69.7 Å². The summed E-state index contributed by atoms with van der Waals surface area (Å²) in [5, 5.41) is 10.6. The Morgan fingerprint density at radius 2 is 1.82 bits per heavy atom. The third-order valence-corrected chi connectivity index (χ3v) is 9.30. The van der Waals surface area contributed by atoms with Gasteiger partial charge in [-0.25, -0.2) is 0 Å². The number of cyclic esters (lactones) is 1. The maximum Gasteiger partial charge on any atom is 0.313 e. The number of ether oxygens (including phenoxy) is 3. The summed E-state index contributed by atoms with van der Waals surface area (Å²) in [4.78, 5) is 46.1. The zero-order valence-electron chi connectivity index (χ0n) is 23.7. The van der Waals surface area contributed by atoms with Crippen LogP contribution in [0.4, 0.5) is 5.69 Å². The highest BCUT2D eigenvalue weighted by Gasteiger charge is 2.76. The monoisotopic (exact) mass is 552 g/mol. The predicted octanol–water partition coefficient (Wildman–Crippen LogP) is 3.26. The van der Waals surface area contributed by atoms with Crippen molar-refractivity contribution in [2.24, 2.45) is 17.8 Å². The van der Waals surface area contributed by atoms with Crippen LogP contribution in [-0.4, -0.2) is 77.9 Å². The third-order valence-electron chi connectivity index (χ3n) is 9.30. The van der Waals surface area contributed by atoms with Crippen LogP contribution in [0.15, 0.2) is 48.6 Å². The minimum absolute atomic E-state index is 0.0948. The molecule has 0 bridgehead atoms. The highest BCUT2D eigenvalue weighted by atomic mass is 16.6. The maximum absolute atomic E-state index is 14.6. The van der Waals surface area contributed by atoms with Crippen LogP contribution in [0, 0.1) is 17.8 Å². The molecular formula is C31H40N2O7. The van der Waals surface area contributed by atoms with Gasteiger partial charge >= 0.3 is 5.97 Å². The molecule has 0 saturated carbocycles. The fourth-order valence-electron chi connectivity index (χ4n) is 6.98. The van der Waals surface area contributed by atoms with E-state index in [-0.39, 0.29) is 37.5 Å². The van der Waals surface area contributed by atoms with Gasteiger partial charge in [0.15, 0.2) is 0 Å². The van der Waals surface area contributed by atoms with Gasteiger partial charge in [0.1, 0.15) is 28.9 Å². The van der Waals surface area contributed by atoms with Crippen LogP contribution in [-0.2, 0) is 23.9 Å². The molecule has 4 aliphatic heterocycles. The topological polar surface area (TPSA) is 106 Å². The van der Waals surface area contributed by atoms with Gasteiger partial charge in [0.25, 0.3) is 5.91 Å². The molecule has 40 heavy (non-hydrogen) atoms. The maximum atomic E-state index is 14.6. The Labute approximate surface area is 235 Å². The number of likely N-dealkylation sites (tertiary alicyclic amines) is 1. The van der Waals surface area contributed by atoms with E-state index in [1.54, 1.807) is 36.3 Å². The summed E-state index contributed by atoms with van der Waals surface area (Å²) >= 11 is 0. The first kappa shape index (κ1) is 28.4. The smallest absolute Gasteiger partial charge is 0.313 e. The minimum Gasteiger partial charge on any atom is -0.497 e. The van der Waals surface area contributed by atoms with E-state index >= 15 is 0 Å². The van der Waals surface area contributed by atoms with E-state index in [9.17, 15) is 19.5 Å². The Kier molecular flexibility index (Phi) is 7.81. The number of carbonyl (C=O) groups excluding carboxylic acids is 3. The second kappa shape index (κ2) is 11.0. The molecule has 0 radical (unpaired) electrons. The Hall–Kier alpha value is -3.17. The quantitative estimate of drug-likeness (QED) is 0.409. The molecule has 1 N–H and O–H groups in total. The lowest BCUT2D eigenvalue weighted by Gasteiger charge is -2.42. The third kappa shape index (κ3) is 4.25. The fraction of sp³-hybridized carbons (Fsp3) is 0.581. The van der Waals surface area contributed by atoms with Crippen molar-refractivity contribution >= 4 is 23.5 Å². The molecule has 0 aliphatic carbocycles. The summed E-state index contributed by atoms with van der Waals surface area (Å²) in [6, 6.07) is 5.48. The molecule has 9 heteroatoms. The number of benzene rings is 1. The van der Waals surface area contributed by atoms with Gasteiger partial charge in [-0.05, 0) is 49.4 Å². The molecule has 9 nitrogen and oxygen atoms in total. The molecule has 1 aromatic rings. The summed E-state index contributed by atoms with van der Waals surface area (Å²) in [5.41, 5.74) is -1.85. The van der Waals surface area contributed by atoms with Gasteiger partial charge in [-0.3, -0.25) is 14.4 Å². The number of aliphatic hydroxyl groups is 1. The van der Waals surface area contributed by atoms with E-state index in [2.05, 4.69) is 0 Å². The van der Waals surface area contributed by atoms with Gasteiger partial charge < -0.3 is 29.1 Å². The van der Waals surface area contributed by atoms with Crippen molar-refractivity contribution in [2.75, 3.05) is 31.8 Å². The summed E-state index contributed by atoms with van der Waals surface area (Å²) in [6.07, 6.45) is 10.1. The number of carbonyl (C=O) groups is 3. The lowest BCUT2D eigenvalue weighted by molar-refractivity contribution is -0.161. The van der Waals surface area contributed by atoms with E-state index in [1.165, 1.54) is 4.90 Å². The molecule has 4 heterocycles. The van der Waals surface area contributed by atoms with E-state index < -0.39 is 41.1 Å². The number of amides is 2. The van der Waals surface area contributed by atoms with Crippen LogP contribution in [0.25, 0.3) is 0 Å². The van der Waals surface area contributed by atoms with Crippen molar-refractivity contribution in [3.63, 3.8) is 0 Å². The highest BCUT2D eigenvalue weighted by molar-refractivity contribution is 6.05. The summed E-state index contributed by atoms with van der Waals surface area (Å²) in [6.45, 7) is 6.08. The van der Waals surface area contributed by atoms with Crippen LogP contribution in [0.2, 0.25) is 0 Å². The number of allylic oxidation sites excluding steroid dienone is 1. The molecule has 2 fully saturated rings. The average molecular weight is 553 g/mol. The second-order valence-corrected chi connectivity index (χ2v) is 11.3. The number of aliphatic hydroxyl groups excluding tert-OH is 1. The number of fused-ring (bicyclic) bond motifs is 2. The molecule has 1 aromatic carbocycles. The molecule has 7 atom stereocenters. The molecule has 216 valence electrons. The van der Waals surface area contributed by atoms with Crippen molar-refractivity contribution < 1.29 is 33.7 Å². The van der Waals surface area contributed by atoms with Crippen LogP contribution < -0.4 is 9.64 Å². The van der Waals surface area contributed by atoms with Gasteiger partial charge in [-0.15, -0.1) is 0 Å². The normalized spacial score (nSPS) is 34.0. The van der Waals surface area contributed by atoms with Crippen molar-refractivity contribution in [3.05, 3.63) is 48.6 Å². The summed E-state index contributed by atoms with van der Waals surface area (Å²) in [7, 11) is 1.58. The predicted molar refractivity (Wildman–Crippen MR) is 149 cm³/mol. The SMILES string of the molecule is CC[C@H](C)[C@H](CO)N1C(=O)[C@@H]2[C@H]3C(=O)OCCC/C=C\[C@@]3(CC)O[C@@]23C=CCN(c2ccc(OC)cc2)C(=O)C13. The number of rotatable bonds is 7.